The molecule has 1 aromatic rings. The zero-order chi connectivity index (χ0) is 13.8. The first-order chi connectivity index (χ1) is 8.29. The SMILES string of the molecule is C[Si](C)(C)CCOCn1cc(C(=O)O)ccc1=O. The molecule has 0 saturated carbocycles. The molecule has 0 aliphatic heterocycles. The van der Waals surface area contributed by atoms with E-state index in [1.165, 1.54) is 22.9 Å². The Morgan fingerprint density at radius 2 is 2.06 bits per heavy atom. The molecule has 0 aromatic carbocycles. The normalized spacial score (nSPS) is 11.5. The monoisotopic (exact) mass is 269 g/mol. The van der Waals surface area contributed by atoms with Crippen molar-refractivity contribution in [1.29, 1.82) is 0 Å². The van der Waals surface area contributed by atoms with Crippen molar-refractivity contribution in [3.05, 3.63) is 34.2 Å². The molecule has 0 bridgehead atoms. The van der Waals surface area contributed by atoms with Gasteiger partial charge in [0.1, 0.15) is 6.73 Å². The lowest BCUT2D eigenvalue weighted by molar-refractivity contribution is 0.0688. The van der Waals surface area contributed by atoms with Crippen LogP contribution in [-0.4, -0.2) is 30.3 Å². The summed E-state index contributed by atoms with van der Waals surface area (Å²) in [4.78, 5) is 22.3. The molecule has 1 heterocycles. The standard InChI is InChI=1S/C12H19NO4Si/c1-18(2,3)7-6-17-9-13-8-10(12(15)16)4-5-11(13)14/h4-5,8H,6-7,9H2,1-3H3,(H,15,16). The van der Waals surface area contributed by atoms with E-state index in [1.54, 1.807) is 0 Å². The molecule has 6 heteroatoms. The van der Waals surface area contributed by atoms with Crippen LogP contribution in [0.5, 0.6) is 0 Å². The molecular formula is C12H19NO4Si. The van der Waals surface area contributed by atoms with Crippen LogP contribution in [0.1, 0.15) is 10.4 Å². The number of carboxylic acid groups (broad SMARTS) is 1. The predicted octanol–water partition coefficient (Wildman–Crippen LogP) is 1.86. The van der Waals surface area contributed by atoms with E-state index in [4.69, 9.17) is 9.84 Å². The van der Waals surface area contributed by atoms with E-state index >= 15 is 0 Å². The molecule has 18 heavy (non-hydrogen) atoms. The van der Waals surface area contributed by atoms with Gasteiger partial charge in [-0.1, -0.05) is 19.6 Å². The summed E-state index contributed by atoms with van der Waals surface area (Å²) >= 11 is 0. The molecule has 0 atom stereocenters. The van der Waals surface area contributed by atoms with Crippen LogP contribution < -0.4 is 5.56 Å². The predicted molar refractivity (Wildman–Crippen MR) is 71.8 cm³/mol. The molecule has 0 saturated heterocycles. The van der Waals surface area contributed by atoms with Crippen LogP contribution in [0.3, 0.4) is 0 Å². The van der Waals surface area contributed by atoms with Crippen molar-refractivity contribution in [3.63, 3.8) is 0 Å². The van der Waals surface area contributed by atoms with Gasteiger partial charge in [-0.3, -0.25) is 9.36 Å². The minimum atomic E-state index is -1.14. The maximum Gasteiger partial charge on any atom is 0.337 e. The number of ether oxygens (including phenoxy) is 1. The number of carbonyl (C=O) groups is 1. The van der Waals surface area contributed by atoms with E-state index in [1.807, 2.05) is 0 Å². The summed E-state index contributed by atoms with van der Waals surface area (Å²) in [5.74, 6) is -1.05. The van der Waals surface area contributed by atoms with Crippen molar-refractivity contribution in [2.45, 2.75) is 32.4 Å². The van der Waals surface area contributed by atoms with Crippen LogP contribution in [-0.2, 0) is 11.5 Å². The van der Waals surface area contributed by atoms with Gasteiger partial charge in [0, 0.05) is 26.9 Å². The number of hydrogen-bond acceptors (Lipinski definition) is 3. The Labute approximate surface area is 107 Å². The number of carboxylic acids is 1. The lowest BCUT2D eigenvalue weighted by atomic mass is 10.3. The quantitative estimate of drug-likeness (QED) is 0.632. The molecule has 1 aromatic heterocycles. The summed E-state index contributed by atoms with van der Waals surface area (Å²) in [5.41, 5.74) is -0.170. The summed E-state index contributed by atoms with van der Waals surface area (Å²) in [6, 6.07) is 3.55. The van der Waals surface area contributed by atoms with Crippen LogP contribution >= 0.6 is 0 Å². The summed E-state index contributed by atoms with van der Waals surface area (Å²) in [6.45, 7) is 7.43. The van der Waals surface area contributed by atoms with E-state index in [2.05, 4.69) is 19.6 Å². The molecule has 5 nitrogen and oxygen atoms in total. The third-order valence-electron chi connectivity index (χ3n) is 2.46. The van der Waals surface area contributed by atoms with Crippen LogP contribution in [0.15, 0.2) is 23.1 Å². The highest BCUT2D eigenvalue weighted by Crippen LogP contribution is 2.07. The maximum absolute atomic E-state index is 11.5. The van der Waals surface area contributed by atoms with Crippen molar-refractivity contribution in [1.82, 2.24) is 4.57 Å². The van der Waals surface area contributed by atoms with Gasteiger partial charge in [-0.05, 0) is 12.1 Å². The molecule has 0 radical (unpaired) electrons. The largest absolute Gasteiger partial charge is 0.478 e. The van der Waals surface area contributed by atoms with Gasteiger partial charge in [0.25, 0.3) is 5.56 Å². The van der Waals surface area contributed by atoms with E-state index in [-0.39, 0.29) is 17.9 Å². The van der Waals surface area contributed by atoms with E-state index in [0.29, 0.717) is 6.61 Å². The van der Waals surface area contributed by atoms with Crippen molar-refractivity contribution in [2.24, 2.45) is 0 Å². The van der Waals surface area contributed by atoms with Gasteiger partial charge in [-0.25, -0.2) is 4.79 Å². The Bertz CT molecular complexity index is 476. The fourth-order valence-electron chi connectivity index (χ4n) is 1.30. The van der Waals surface area contributed by atoms with Gasteiger partial charge in [-0.2, -0.15) is 0 Å². The Hall–Kier alpha value is -1.40. The lowest BCUT2D eigenvalue weighted by Gasteiger charge is -2.15. The molecule has 100 valence electrons. The highest BCUT2D eigenvalue weighted by atomic mass is 28.3. The molecule has 0 unspecified atom stereocenters. The average Bonchev–Trinajstić information content (AvgIpc) is 2.24. The van der Waals surface area contributed by atoms with Gasteiger partial charge < -0.3 is 9.84 Å². The number of nitrogens with zero attached hydrogens (tertiary/aromatic N) is 1. The van der Waals surface area contributed by atoms with Crippen LogP contribution in [0.2, 0.25) is 25.7 Å². The maximum atomic E-state index is 11.5. The minimum Gasteiger partial charge on any atom is -0.478 e. The summed E-state index contributed by atoms with van der Waals surface area (Å²) in [6.07, 6.45) is 1.30. The average molecular weight is 269 g/mol. The molecule has 0 aliphatic carbocycles. The Balaban J connectivity index is 2.59. The van der Waals surface area contributed by atoms with E-state index < -0.39 is 14.0 Å². The van der Waals surface area contributed by atoms with Crippen LogP contribution in [0.4, 0.5) is 0 Å². The van der Waals surface area contributed by atoms with Crippen LogP contribution in [0.25, 0.3) is 0 Å². The van der Waals surface area contributed by atoms with Crippen LogP contribution in [0, 0.1) is 0 Å². The first-order valence-corrected chi connectivity index (χ1v) is 9.52. The third kappa shape index (κ3) is 4.85. The summed E-state index contributed by atoms with van der Waals surface area (Å²) in [7, 11) is -1.14. The highest BCUT2D eigenvalue weighted by molar-refractivity contribution is 6.76. The van der Waals surface area contributed by atoms with Gasteiger partial charge in [0.05, 0.1) is 5.56 Å². The minimum absolute atomic E-state index is 0.0865. The topological polar surface area (TPSA) is 68.5 Å². The first kappa shape index (κ1) is 14.7. The van der Waals surface area contributed by atoms with Gasteiger partial charge in [0.15, 0.2) is 0 Å². The van der Waals surface area contributed by atoms with E-state index in [9.17, 15) is 9.59 Å². The third-order valence-corrected chi connectivity index (χ3v) is 4.16. The molecule has 0 amide bonds. The van der Waals surface area contributed by atoms with E-state index in [0.717, 1.165) is 6.04 Å². The molecule has 0 fully saturated rings. The zero-order valence-corrected chi connectivity index (χ0v) is 12.0. The Morgan fingerprint density at radius 3 is 2.61 bits per heavy atom. The molecule has 0 spiro atoms. The van der Waals surface area contributed by atoms with Crippen molar-refractivity contribution in [3.8, 4) is 0 Å². The molecular weight excluding hydrogens is 250 g/mol. The van der Waals surface area contributed by atoms with Crippen molar-refractivity contribution in [2.75, 3.05) is 6.61 Å². The van der Waals surface area contributed by atoms with Gasteiger partial charge in [0.2, 0.25) is 0 Å². The second-order valence-electron chi connectivity index (χ2n) is 5.38. The summed E-state index contributed by atoms with van der Waals surface area (Å²) < 4.78 is 6.69. The smallest absolute Gasteiger partial charge is 0.337 e. The summed E-state index contributed by atoms with van der Waals surface area (Å²) in [5, 5.41) is 8.83. The van der Waals surface area contributed by atoms with Crippen molar-refractivity contribution >= 4 is 14.0 Å². The lowest BCUT2D eigenvalue weighted by Crippen LogP contribution is -2.24. The van der Waals surface area contributed by atoms with Crippen molar-refractivity contribution < 1.29 is 14.6 Å². The molecule has 1 N–H and O–H groups in total. The number of rotatable bonds is 6. The number of aromatic carboxylic acids is 1. The number of pyridine rings is 1. The number of hydrogen-bond donors (Lipinski definition) is 1. The highest BCUT2D eigenvalue weighted by Gasteiger charge is 2.12. The second-order valence-corrected chi connectivity index (χ2v) is 11.0. The molecule has 0 aliphatic rings. The Morgan fingerprint density at radius 1 is 1.39 bits per heavy atom. The fraction of sp³-hybridized carbons (Fsp3) is 0.500. The fourth-order valence-corrected chi connectivity index (χ4v) is 2.06. The second kappa shape index (κ2) is 5.97. The van der Waals surface area contributed by atoms with Gasteiger partial charge in [-0.15, -0.1) is 0 Å². The molecule has 1 rings (SSSR count). The zero-order valence-electron chi connectivity index (χ0n) is 11.0. The number of aromatic nitrogens is 1. The van der Waals surface area contributed by atoms with Gasteiger partial charge >= 0.3 is 5.97 Å². The Kier molecular flexibility index (Phi) is 4.86. The first-order valence-electron chi connectivity index (χ1n) is 5.81.